The minimum absolute atomic E-state index is 0.0705. The second kappa shape index (κ2) is 12.3. The number of fused-ring (bicyclic) bond motifs is 5. The van der Waals surface area contributed by atoms with E-state index in [0.717, 1.165) is 27.6 Å². The third-order valence-corrected chi connectivity index (χ3v) is 7.50. The van der Waals surface area contributed by atoms with E-state index in [-0.39, 0.29) is 54.3 Å². The quantitative estimate of drug-likeness (QED) is 0.0982. The van der Waals surface area contributed by atoms with Crippen LogP contribution in [-0.2, 0) is 34.0 Å². The molecule has 3 aromatic rings. The standard InChI is InChI=1S/C27H30N6O7.C2H6/c1-12-3-14-16(8-33(29)22(9-34)19(28)6-30-23(36)10-35)17-7-32-21(24(17)31-20(14)4-13(12)2)5-15-18(26(32)38)11-40-27(39)25(15)37;1-2/h3-5,25,34-35,37H,6-11,28-29H2,1-2H3,(H,30,36);1-2H3/b22-19-;. The number of hydrazine groups is 1. The number of hydrogen-bond donors (Lipinski definition) is 6. The van der Waals surface area contributed by atoms with E-state index in [2.05, 4.69) is 5.32 Å². The van der Waals surface area contributed by atoms with Crippen LogP contribution >= 0.6 is 0 Å². The lowest BCUT2D eigenvalue weighted by Gasteiger charge is -2.25. The lowest BCUT2D eigenvalue weighted by atomic mass is 9.96. The van der Waals surface area contributed by atoms with Crippen LogP contribution in [0.25, 0.3) is 22.3 Å². The van der Waals surface area contributed by atoms with Crippen LogP contribution in [0.15, 0.2) is 34.4 Å². The van der Waals surface area contributed by atoms with E-state index in [1.165, 1.54) is 9.58 Å². The second-order valence-corrected chi connectivity index (χ2v) is 9.93. The van der Waals surface area contributed by atoms with Gasteiger partial charge in [-0.2, -0.15) is 0 Å². The zero-order valence-corrected chi connectivity index (χ0v) is 24.0. The van der Waals surface area contributed by atoms with Gasteiger partial charge in [-0.15, -0.1) is 0 Å². The maximum Gasteiger partial charge on any atom is 0.340 e. The Hall–Kier alpha value is -4.30. The Kier molecular flexibility index (Phi) is 8.97. The molecule has 0 fully saturated rings. The lowest BCUT2D eigenvalue weighted by molar-refractivity contribution is -0.157. The number of aryl methyl sites for hydroxylation is 2. The second-order valence-electron chi connectivity index (χ2n) is 9.93. The van der Waals surface area contributed by atoms with Gasteiger partial charge in [0.2, 0.25) is 5.91 Å². The van der Waals surface area contributed by atoms with Crippen molar-refractivity contribution in [1.82, 2.24) is 19.9 Å². The van der Waals surface area contributed by atoms with Crippen molar-refractivity contribution < 1.29 is 29.6 Å². The predicted molar refractivity (Wildman–Crippen MR) is 154 cm³/mol. The van der Waals surface area contributed by atoms with Crippen LogP contribution in [0.4, 0.5) is 0 Å². The number of pyridine rings is 2. The Morgan fingerprint density at radius 1 is 1.14 bits per heavy atom. The fraction of sp³-hybridized carbons (Fsp3) is 0.379. The topological polar surface area (TPSA) is 206 Å². The Bertz CT molecular complexity index is 1660. The van der Waals surface area contributed by atoms with Crippen molar-refractivity contribution in [2.24, 2.45) is 11.6 Å². The molecule has 8 N–H and O–H groups in total. The first-order valence-corrected chi connectivity index (χ1v) is 13.6. The van der Waals surface area contributed by atoms with E-state index in [1.54, 1.807) is 6.07 Å². The molecule has 0 radical (unpaired) electrons. The van der Waals surface area contributed by atoms with Gasteiger partial charge in [0.25, 0.3) is 5.56 Å². The molecule has 2 aromatic heterocycles. The summed E-state index contributed by atoms with van der Waals surface area (Å²) in [6.07, 6.45) is -1.57. The summed E-state index contributed by atoms with van der Waals surface area (Å²) in [7, 11) is 0. The van der Waals surface area contributed by atoms with Crippen LogP contribution in [0.5, 0.6) is 0 Å². The highest BCUT2D eigenvalue weighted by molar-refractivity contribution is 5.89. The average Bonchev–Trinajstić information content (AvgIpc) is 3.35. The van der Waals surface area contributed by atoms with Gasteiger partial charge in [-0.1, -0.05) is 13.8 Å². The van der Waals surface area contributed by atoms with Gasteiger partial charge in [0.05, 0.1) is 60.1 Å². The number of rotatable bonds is 7. The number of carbonyl (C=O) groups excluding carboxylic acids is 2. The molecule has 2 aliphatic heterocycles. The molecular formula is C29H36N6O7. The van der Waals surface area contributed by atoms with Crippen molar-refractivity contribution >= 4 is 22.8 Å². The zero-order valence-electron chi connectivity index (χ0n) is 24.0. The fourth-order valence-corrected chi connectivity index (χ4v) is 5.14. The van der Waals surface area contributed by atoms with Crippen molar-refractivity contribution in [3.8, 4) is 11.4 Å². The summed E-state index contributed by atoms with van der Waals surface area (Å²) in [6, 6.07) is 5.53. The lowest BCUT2D eigenvalue weighted by Crippen LogP contribution is -2.37. The summed E-state index contributed by atoms with van der Waals surface area (Å²) in [5, 5.41) is 33.9. The highest BCUT2D eigenvalue weighted by atomic mass is 16.5. The summed E-state index contributed by atoms with van der Waals surface area (Å²) >= 11 is 0. The number of cyclic esters (lactones) is 1. The minimum Gasteiger partial charge on any atom is -0.458 e. The molecule has 42 heavy (non-hydrogen) atoms. The number of nitrogens with zero attached hydrogens (tertiary/aromatic N) is 3. The Morgan fingerprint density at radius 3 is 2.50 bits per heavy atom. The number of aliphatic hydroxyl groups excluding tert-OH is 3. The molecule has 224 valence electrons. The minimum atomic E-state index is -1.57. The number of benzene rings is 1. The average molecular weight is 581 g/mol. The van der Waals surface area contributed by atoms with Crippen LogP contribution in [0.2, 0.25) is 0 Å². The number of aromatic nitrogens is 2. The van der Waals surface area contributed by atoms with E-state index in [1.807, 2.05) is 39.8 Å². The molecule has 0 saturated carbocycles. The molecule has 0 bridgehead atoms. The first-order valence-electron chi connectivity index (χ1n) is 13.6. The monoisotopic (exact) mass is 580 g/mol. The molecule has 1 atom stereocenters. The Morgan fingerprint density at radius 2 is 1.83 bits per heavy atom. The number of carbonyl (C=O) groups is 2. The summed E-state index contributed by atoms with van der Waals surface area (Å²) in [5.41, 5.74) is 11.6. The number of hydrogen-bond acceptors (Lipinski definition) is 11. The zero-order chi connectivity index (χ0) is 30.9. The highest BCUT2D eigenvalue weighted by Gasteiger charge is 2.35. The summed E-state index contributed by atoms with van der Waals surface area (Å²) in [4.78, 5) is 41.8. The number of nitrogens with two attached hydrogens (primary N) is 2. The molecule has 13 nitrogen and oxygen atoms in total. The Labute approximate surface area is 242 Å². The van der Waals surface area contributed by atoms with Gasteiger partial charge in [0, 0.05) is 16.5 Å². The Balaban J connectivity index is 0.00000198. The number of nitrogens with one attached hydrogen (secondary N) is 1. The van der Waals surface area contributed by atoms with Crippen LogP contribution in [0.3, 0.4) is 0 Å². The van der Waals surface area contributed by atoms with Gasteiger partial charge in [0.15, 0.2) is 6.10 Å². The molecule has 0 saturated heterocycles. The molecule has 0 aliphatic carbocycles. The molecular weight excluding hydrogens is 544 g/mol. The molecule has 5 rings (SSSR count). The van der Waals surface area contributed by atoms with Crippen LogP contribution in [0, 0.1) is 13.8 Å². The SMILES string of the molecule is CC.Cc1cc2nc3c(c(CN(N)/C(CO)=C(\N)CNC(=O)CO)c2cc1C)Cn1c-3cc2c(c1=O)COC(=O)C2O. The number of aliphatic hydroxyl groups is 3. The summed E-state index contributed by atoms with van der Waals surface area (Å²) < 4.78 is 6.52. The molecule has 1 unspecified atom stereocenters. The van der Waals surface area contributed by atoms with Gasteiger partial charge in [-0.05, 0) is 48.7 Å². The fourth-order valence-electron chi connectivity index (χ4n) is 5.14. The van der Waals surface area contributed by atoms with E-state index in [9.17, 15) is 24.6 Å². The van der Waals surface area contributed by atoms with Gasteiger partial charge in [-0.25, -0.2) is 15.6 Å². The number of amides is 1. The van der Waals surface area contributed by atoms with Gasteiger partial charge in [0.1, 0.15) is 13.2 Å². The molecule has 1 aromatic carbocycles. The molecule has 0 spiro atoms. The van der Waals surface area contributed by atoms with E-state index in [4.69, 9.17) is 26.4 Å². The van der Waals surface area contributed by atoms with Gasteiger partial charge < -0.3 is 40.7 Å². The van der Waals surface area contributed by atoms with Gasteiger partial charge >= 0.3 is 5.97 Å². The van der Waals surface area contributed by atoms with Crippen molar-refractivity contribution in [2.75, 3.05) is 19.8 Å². The maximum atomic E-state index is 13.4. The van der Waals surface area contributed by atoms with E-state index >= 15 is 0 Å². The van der Waals surface area contributed by atoms with Crippen LogP contribution in [0.1, 0.15) is 53.3 Å². The van der Waals surface area contributed by atoms with Crippen molar-refractivity contribution in [2.45, 2.75) is 53.5 Å². The normalized spacial score (nSPS) is 15.5. The highest BCUT2D eigenvalue weighted by Crippen LogP contribution is 2.39. The summed E-state index contributed by atoms with van der Waals surface area (Å²) in [6.45, 7) is 6.59. The first-order chi connectivity index (χ1) is 20.0. The van der Waals surface area contributed by atoms with E-state index < -0.39 is 31.2 Å². The molecule has 2 aliphatic rings. The third-order valence-electron chi connectivity index (χ3n) is 7.50. The van der Waals surface area contributed by atoms with Crippen molar-refractivity contribution in [1.29, 1.82) is 0 Å². The van der Waals surface area contributed by atoms with E-state index in [0.29, 0.717) is 16.9 Å². The maximum absolute atomic E-state index is 13.4. The smallest absolute Gasteiger partial charge is 0.340 e. The number of esters is 1. The third kappa shape index (κ3) is 5.34. The van der Waals surface area contributed by atoms with Crippen molar-refractivity contribution in [3.05, 3.63) is 73.3 Å². The molecule has 4 heterocycles. The predicted octanol–water partition coefficient (Wildman–Crippen LogP) is 0.105. The van der Waals surface area contributed by atoms with Crippen LogP contribution in [-0.4, -0.2) is 61.5 Å². The molecule has 1 amide bonds. The molecule has 13 heteroatoms. The van der Waals surface area contributed by atoms with Crippen LogP contribution < -0.4 is 22.5 Å². The summed E-state index contributed by atoms with van der Waals surface area (Å²) in [5.74, 6) is 4.97. The number of ether oxygens (including phenoxy) is 1. The van der Waals surface area contributed by atoms with Crippen molar-refractivity contribution in [3.63, 3.8) is 0 Å². The van der Waals surface area contributed by atoms with Gasteiger partial charge in [-0.3, -0.25) is 9.59 Å². The largest absolute Gasteiger partial charge is 0.458 e. The first kappa shape index (κ1) is 30.7.